The van der Waals surface area contributed by atoms with Crippen LogP contribution in [0, 0.1) is 0 Å². The zero-order valence-corrected chi connectivity index (χ0v) is 15.8. The molecule has 27 heavy (non-hydrogen) atoms. The maximum absolute atomic E-state index is 12.9. The summed E-state index contributed by atoms with van der Waals surface area (Å²) in [5, 5.41) is 3.31. The van der Waals surface area contributed by atoms with E-state index in [2.05, 4.69) is 10.3 Å². The van der Waals surface area contributed by atoms with Crippen LogP contribution in [0.1, 0.15) is 23.8 Å². The summed E-state index contributed by atoms with van der Waals surface area (Å²) in [5.41, 5.74) is 1.26. The number of pyridine rings is 1. The van der Waals surface area contributed by atoms with Gasteiger partial charge in [-0.25, -0.2) is 4.98 Å². The molecule has 3 rings (SSSR count). The smallest absolute Gasteiger partial charge is 0.268 e. The van der Waals surface area contributed by atoms with Crippen molar-refractivity contribution in [3.63, 3.8) is 0 Å². The minimum Gasteiger partial charge on any atom is -0.385 e. The second kappa shape index (κ2) is 8.32. The maximum atomic E-state index is 12.9. The van der Waals surface area contributed by atoms with Crippen LogP contribution in [-0.2, 0) is 16.0 Å². The molecule has 0 bridgehead atoms. The van der Waals surface area contributed by atoms with Gasteiger partial charge in [-0.1, -0.05) is 6.07 Å². The average molecular weight is 372 g/mol. The first-order valence-electron chi connectivity index (χ1n) is 8.86. The molecule has 0 radical (unpaired) electrons. The first-order chi connectivity index (χ1) is 13.1. The molecular weight excluding hydrogens is 348 g/mol. The summed E-state index contributed by atoms with van der Waals surface area (Å²) in [4.78, 5) is 30.3. The lowest BCUT2D eigenvalue weighted by molar-refractivity contribution is 0.0895. The number of ether oxygens (including phenoxy) is 2. The molecule has 1 atom stereocenters. The van der Waals surface area contributed by atoms with E-state index >= 15 is 0 Å². The van der Waals surface area contributed by atoms with Crippen molar-refractivity contribution in [3.05, 3.63) is 46.5 Å². The Morgan fingerprint density at radius 3 is 2.85 bits per heavy atom. The number of methoxy groups -OCH3 is 2. The highest BCUT2D eigenvalue weighted by atomic mass is 16.5. The van der Waals surface area contributed by atoms with Gasteiger partial charge in [0.05, 0.1) is 12.0 Å². The highest BCUT2D eigenvalue weighted by Crippen LogP contribution is 2.17. The fourth-order valence-electron chi connectivity index (χ4n) is 3.12. The van der Waals surface area contributed by atoms with Gasteiger partial charge in [0.2, 0.25) is 0 Å². The number of nitrogens with one attached hydrogen (secondary N) is 1. The van der Waals surface area contributed by atoms with E-state index in [1.165, 1.54) is 4.40 Å². The van der Waals surface area contributed by atoms with Crippen molar-refractivity contribution in [2.75, 3.05) is 27.4 Å². The second-order valence-corrected chi connectivity index (χ2v) is 6.44. The lowest BCUT2D eigenvalue weighted by Crippen LogP contribution is -2.36. The van der Waals surface area contributed by atoms with Crippen LogP contribution in [-0.4, -0.2) is 53.3 Å². The molecule has 3 aromatic heterocycles. The molecule has 3 aromatic rings. The zero-order valence-electron chi connectivity index (χ0n) is 15.8. The molecule has 0 aliphatic heterocycles. The summed E-state index contributed by atoms with van der Waals surface area (Å²) in [7, 11) is 3.22. The lowest BCUT2D eigenvalue weighted by Gasteiger charge is -2.14. The van der Waals surface area contributed by atoms with E-state index in [1.54, 1.807) is 43.2 Å². The van der Waals surface area contributed by atoms with Crippen LogP contribution in [0.25, 0.3) is 16.7 Å². The highest BCUT2D eigenvalue weighted by molar-refractivity contribution is 5.98. The minimum atomic E-state index is -0.261. The van der Waals surface area contributed by atoms with E-state index in [4.69, 9.17) is 9.47 Å². The van der Waals surface area contributed by atoms with Crippen molar-refractivity contribution >= 4 is 22.6 Å². The molecule has 0 spiro atoms. The third-order valence-electron chi connectivity index (χ3n) is 4.33. The molecule has 8 heteroatoms. The predicted octanol–water partition coefficient (Wildman–Crippen LogP) is 1.45. The van der Waals surface area contributed by atoms with Gasteiger partial charge >= 0.3 is 0 Å². The van der Waals surface area contributed by atoms with Crippen molar-refractivity contribution in [2.45, 2.75) is 25.9 Å². The average Bonchev–Trinajstić information content (AvgIpc) is 3.01. The monoisotopic (exact) mass is 372 g/mol. The zero-order chi connectivity index (χ0) is 19.4. The van der Waals surface area contributed by atoms with Crippen LogP contribution < -0.4 is 10.9 Å². The van der Waals surface area contributed by atoms with Gasteiger partial charge in [0.1, 0.15) is 17.0 Å². The van der Waals surface area contributed by atoms with Crippen LogP contribution in [0.15, 0.2) is 35.3 Å². The van der Waals surface area contributed by atoms with E-state index in [0.717, 1.165) is 0 Å². The Balaban J connectivity index is 2.11. The van der Waals surface area contributed by atoms with Gasteiger partial charge in [-0.2, -0.15) is 0 Å². The quantitative estimate of drug-likeness (QED) is 0.605. The Labute approximate surface area is 156 Å². The van der Waals surface area contributed by atoms with E-state index in [1.807, 2.05) is 13.0 Å². The first-order valence-corrected chi connectivity index (χ1v) is 8.86. The topological polar surface area (TPSA) is 86.9 Å². The number of carbonyl (C=O) groups is 1. The number of fused-ring (bicyclic) bond motifs is 2. The first kappa shape index (κ1) is 19.1. The standard InChI is InChI=1S/C19H24N4O4/c1-13(12-27-3)20-18(24)15-11-14-17(22(15)9-6-10-26-2)21-16-7-4-5-8-23(16)19(14)25/h4-5,7-8,11,13H,6,9-10,12H2,1-3H3,(H,20,24)/t13-/m1/s1. The van der Waals surface area contributed by atoms with Gasteiger partial charge in [-0.3, -0.25) is 14.0 Å². The Kier molecular flexibility index (Phi) is 5.88. The Bertz CT molecular complexity index is 1010. The minimum absolute atomic E-state index is 0.152. The van der Waals surface area contributed by atoms with Gasteiger partial charge in [-0.15, -0.1) is 0 Å². The molecule has 0 aliphatic rings. The van der Waals surface area contributed by atoms with E-state index < -0.39 is 0 Å². The van der Waals surface area contributed by atoms with Crippen molar-refractivity contribution in [1.82, 2.24) is 19.3 Å². The fourth-order valence-corrected chi connectivity index (χ4v) is 3.12. The number of amides is 1. The lowest BCUT2D eigenvalue weighted by atomic mass is 10.3. The Morgan fingerprint density at radius 1 is 1.30 bits per heavy atom. The molecule has 1 N–H and O–H groups in total. The number of hydrogen-bond acceptors (Lipinski definition) is 5. The van der Waals surface area contributed by atoms with Gasteiger partial charge in [0.25, 0.3) is 11.5 Å². The van der Waals surface area contributed by atoms with Crippen LogP contribution >= 0.6 is 0 Å². The molecule has 0 saturated carbocycles. The Morgan fingerprint density at radius 2 is 2.11 bits per heavy atom. The van der Waals surface area contributed by atoms with E-state index in [9.17, 15) is 9.59 Å². The van der Waals surface area contributed by atoms with Crippen molar-refractivity contribution in [1.29, 1.82) is 0 Å². The molecule has 0 aliphatic carbocycles. The van der Waals surface area contributed by atoms with Crippen LogP contribution in [0.2, 0.25) is 0 Å². The summed E-state index contributed by atoms with van der Waals surface area (Å²) < 4.78 is 13.5. The largest absolute Gasteiger partial charge is 0.385 e. The number of carbonyl (C=O) groups excluding carboxylic acids is 1. The van der Waals surface area contributed by atoms with Crippen molar-refractivity contribution in [3.8, 4) is 0 Å². The number of aryl methyl sites for hydroxylation is 1. The number of rotatable bonds is 8. The summed E-state index contributed by atoms with van der Waals surface area (Å²) in [6.07, 6.45) is 2.37. The molecule has 8 nitrogen and oxygen atoms in total. The van der Waals surface area contributed by atoms with Gasteiger partial charge in [-0.05, 0) is 31.5 Å². The molecule has 144 valence electrons. The fraction of sp³-hybridized carbons (Fsp3) is 0.421. The van der Waals surface area contributed by atoms with Crippen LogP contribution in [0.4, 0.5) is 0 Å². The molecule has 0 unspecified atom stereocenters. The summed E-state index contributed by atoms with van der Waals surface area (Å²) >= 11 is 0. The normalized spacial score (nSPS) is 12.6. The molecule has 0 aromatic carbocycles. The van der Waals surface area contributed by atoms with Crippen LogP contribution in [0.5, 0.6) is 0 Å². The Hall–Kier alpha value is -2.71. The molecule has 0 fully saturated rings. The third-order valence-corrected chi connectivity index (χ3v) is 4.33. The van der Waals surface area contributed by atoms with Crippen molar-refractivity contribution in [2.24, 2.45) is 0 Å². The SMILES string of the molecule is COCCCn1c(C(=O)N[C@H](C)COC)cc2c(=O)n3ccccc3nc21. The predicted molar refractivity (Wildman–Crippen MR) is 102 cm³/mol. The summed E-state index contributed by atoms with van der Waals surface area (Å²) in [6, 6.07) is 6.84. The molecular formula is C19H24N4O4. The second-order valence-electron chi connectivity index (χ2n) is 6.44. The maximum Gasteiger partial charge on any atom is 0.268 e. The number of nitrogens with zero attached hydrogens (tertiary/aromatic N) is 3. The van der Waals surface area contributed by atoms with Gasteiger partial charge < -0.3 is 19.4 Å². The molecule has 3 heterocycles. The van der Waals surface area contributed by atoms with E-state index in [-0.39, 0.29) is 17.5 Å². The van der Waals surface area contributed by atoms with Gasteiger partial charge in [0.15, 0.2) is 0 Å². The van der Waals surface area contributed by atoms with Crippen LogP contribution in [0.3, 0.4) is 0 Å². The summed E-state index contributed by atoms with van der Waals surface area (Å²) in [5.74, 6) is -0.261. The van der Waals surface area contributed by atoms with Gasteiger partial charge in [0, 0.05) is 39.6 Å². The van der Waals surface area contributed by atoms with E-state index in [0.29, 0.717) is 48.6 Å². The highest BCUT2D eigenvalue weighted by Gasteiger charge is 2.20. The number of hydrogen-bond donors (Lipinski definition) is 1. The third kappa shape index (κ3) is 3.86. The molecule has 0 saturated heterocycles. The van der Waals surface area contributed by atoms with Crippen molar-refractivity contribution < 1.29 is 14.3 Å². The number of aromatic nitrogens is 3. The molecule has 1 amide bonds. The summed E-state index contributed by atoms with van der Waals surface area (Å²) in [6.45, 7) is 3.34.